The van der Waals surface area contributed by atoms with E-state index in [1.165, 1.54) is 0 Å². The van der Waals surface area contributed by atoms with E-state index in [-0.39, 0.29) is 42.5 Å². The Labute approximate surface area is 163 Å². The molecule has 0 saturated carbocycles. The molecule has 150 valence electrons. The largest absolute Gasteiger partial charge is 0.454 e. The molecule has 28 heavy (non-hydrogen) atoms. The average molecular weight is 387 g/mol. The van der Waals surface area contributed by atoms with Crippen molar-refractivity contribution in [2.45, 2.75) is 43.9 Å². The lowest BCUT2D eigenvalue weighted by Crippen LogP contribution is -2.53. The molecule has 5 rings (SSSR count). The van der Waals surface area contributed by atoms with Crippen LogP contribution in [0, 0.1) is 5.92 Å². The summed E-state index contributed by atoms with van der Waals surface area (Å²) in [6.45, 7) is 3.19. The number of ketones is 1. The second-order valence-corrected chi connectivity index (χ2v) is 7.96. The quantitative estimate of drug-likeness (QED) is 0.556. The molecule has 4 heterocycles. The normalized spacial score (nSPS) is 33.8. The number of benzene rings is 1. The molecule has 4 aliphatic rings. The molecule has 0 radical (unpaired) electrons. The van der Waals surface area contributed by atoms with Crippen LogP contribution < -0.4 is 31.2 Å². The number of Topliss-reactive ketones (excluding diaryl/α,β-unsaturated/α-hetero) is 1. The van der Waals surface area contributed by atoms with Gasteiger partial charge in [0.05, 0.1) is 12.1 Å². The lowest BCUT2D eigenvalue weighted by molar-refractivity contribution is -0.135. The van der Waals surface area contributed by atoms with E-state index in [4.69, 9.17) is 9.47 Å². The van der Waals surface area contributed by atoms with Gasteiger partial charge in [-0.15, -0.1) is 0 Å². The highest BCUT2D eigenvalue weighted by molar-refractivity contribution is 5.86. The van der Waals surface area contributed by atoms with Crippen molar-refractivity contribution in [1.82, 2.24) is 26.6 Å². The molecule has 1 aromatic carbocycles. The van der Waals surface area contributed by atoms with Crippen LogP contribution in [0.2, 0.25) is 0 Å². The van der Waals surface area contributed by atoms with Gasteiger partial charge < -0.3 is 14.4 Å². The molecular formula is C19H25N5O4. The molecule has 3 fully saturated rings. The number of carbonyl (C=O) groups is 2. The van der Waals surface area contributed by atoms with Gasteiger partial charge in [0.1, 0.15) is 11.8 Å². The molecule has 0 aliphatic carbocycles. The van der Waals surface area contributed by atoms with Crippen molar-refractivity contribution in [3.63, 3.8) is 0 Å². The Bertz CT molecular complexity index is 803. The maximum absolute atomic E-state index is 13.0. The number of carbonyl (C=O) groups excluding carboxylic acids is 2. The maximum atomic E-state index is 13.0. The highest BCUT2D eigenvalue weighted by atomic mass is 16.7. The third-order valence-electron chi connectivity index (χ3n) is 6.27. The number of piperidine rings is 1. The number of fused-ring (bicyclic) bond motifs is 2. The molecule has 9 nitrogen and oxygen atoms in total. The number of nitrogens with zero attached hydrogens (tertiary/aromatic N) is 1. The summed E-state index contributed by atoms with van der Waals surface area (Å²) in [7, 11) is 0. The van der Waals surface area contributed by atoms with Gasteiger partial charge >= 0.3 is 0 Å². The highest BCUT2D eigenvalue weighted by Crippen LogP contribution is 2.39. The zero-order valence-corrected chi connectivity index (χ0v) is 15.7. The molecule has 3 saturated heterocycles. The lowest BCUT2D eigenvalue weighted by atomic mass is 9.84. The molecule has 5 unspecified atom stereocenters. The minimum Gasteiger partial charge on any atom is -0.454 e. The third kappa shape index (κ3) is 3.04. The minimum atomic E-state index is -0.350. The predicted octanol–water partition coefficient (Wildman–Crippen LogP) is -0.395. The molecule has 4 aliphatic heterocycles. The lowest BCUT2D eigenvalue weighted by Gasteiger charge is -2.37. The van der Waals surface area contributed by atoms with E-state index >= 15 is 0 Å². The first-order valence-electron chi connectivity index (χ1n) is 9.81. The topological polar surface area (TPSA) is 104 Å². The second kappa shape index (κ2) is 7.00. The highest BCUT2D eigenvalue weighted by Gasteiger charge is 2.43. The first kappa shape index (κ1) is 17.9. The number of rotatable bonds is 3. The van der Waals surface area contributed by atoms with Crippen LogP contribution in [0.1, 0.15) is 31.4 Å². The van der Waals surface area contributed by atoms with Crippen LogP contribution in [0.3, 0.4) is 0 Å². The monoisotopic (exact) mass is 387 g/mol. The molecule has 1 aromatic rings. The van der Waals surface area contributed by atoms with E-state index in [9.17, 15) is 9.59 Å². The van der Waals surface area contributed by atoms with Crippen LogP contribution >= 0.6 is 0 Å². The summed E-state index contributed by atoms with van der Waals surface area (Å²) >= 11 is 0. The summed E-state index contributed by atoms with van der Waals surface area (Å²) in [5, 5.41) is 0. The van der Waals surface area contributed by atoms with Gasteiger partial charge in [-0.05, 0) is 37.5 Å². The molecule has 0 spiro atoms. The average Bonchev–Trinajstić information content (AvgIpc) is 3.44. The molecule has 9 heteroatoms. The van der Waals surface area contributed by atoms with Gasteiger partial charge in [0.25, 0.3) is 0 Å². The van der Waals surface area contributed by atoms with Crippen molar-refractivity contribution < 1.29 is 19.1 Å². The summed E-state index contributed by atoms with van der Waals surface area (Å²) in [6, 6.07) is 5.78. The molecule has 5 atom stereocenters. The molecule has 0 bridgehead atoms. The molecule has 1 amide bonds. The number of likely N-dealkylation sites (tertiary alicyclic amines) is 1. The van der Waals surface area contributed by atoms with E-state index < -0.39 is 0 Å². The SMILES string of the molecule is CC(=O)C1CC(C(=O)N2CCC3NNC(c4ccc5c(c4)OCO5)C3C2)NN1. The van der Waals surface area contributed by atoms with Crippen LogP contribution in [0.5, 0.6) is 11.5 Å². The van der Waals surface area contributed by atoms with Crippen LogP contribution in [-0.4, -0.2) is 54.6 Å². The van der Waals surface area contributed by atoms with Gasteiger partial charge in [0.2, 0.25) is 12.7 Å². The number of hydrogen-bond acceptors (Lipinski definition) is 8. The van der Waals surface area contributed by atoms with Crippen molar-refractivity contribution in [2.75, 3.05) is 19.9 Å². The zero-order valence-electron chi connectivity index (χ0n) is 15.7. The van der Waals surface area contributed by atoms with Gasteiger partial charge in [-0.3, -0.25) is 15.0 Å². The van der Waals surface area contributed by atoms with Crippen LogP contribution in [-0.2, 0) is 9.59 Å². The predicted molar refractivity (Wildman–Crippen MR) is 99.2 cm³/mol. The summed E-state index contributed by atoms with van der Waals surface area (Å²) in [6.07, 6.45) is 1.39. The van der Waals surface area contributed by atoms with Crippen LogP contribution in [0.4, 0.5) is 0 Å². The number of hydrazine groups is 2. The Hall–Kier alpha value is -2.20. The van der Waals surface area contributed by atoms with Crippen LogP contribution in [0.15, 0.2) is 18.2 Å². The van der Waals surface area contributed by atoms with Gasteiger partial charge in [0.15, 0.2) is 11.5 Å². The van der Waals surface area contributed by atoms with E-state index in [0.717, 1.165) is 23.5 Å². The van der Waals surface area contributed by atoms with E-state index in [2.05, 4.69) is 27.8 Å². The summed E-state index contributed by atoms with van der Waals surface area (Å²) in [4.78, 5) is 26.5. The molecule has 4 N–H and O–H groups in total. The van der Waals surface area contributed by atoms with Crippen molar-refractivity contribution >= 4 is 11.7 Å². The maximum Gasteiger partial charge on any atom is 0.241 e. The first-order chi connectivity index (χ1) is 13.6. The van der Waals surface area contributed by atoms with E-state index in [0.29, 0.717) is 25.6 Å². The number of amides is 1. The van der Waals surface area contributed by atoms with Gasteiger partial charge in [-0.2, -0.15) is 0 Å². The van der Waals surface area contributed by atoms with Crippen molar-refractivity contribution in [1.29, 1.82) is 0 Å². The van der Waals surface area contributed by atoms with E-state index in [1.54, 1.807) is 6.92 Å². The third-order valence-corrected chi connectivity index (χ3v) is 6.27. The zero-order chi connectivity index (χ0) is 19.3. The molecule has 0 aromatic heterocycles. The smallest absolute Gasteiger partial charge is 0.241 e. The standard InChI is InChI=1S/C19H25N5O4/c1-10(25)14-7-15(22-21-14)19(26)24-5-4-13-12(8-24)18(23-20-13)11-2-3-16-17(6-11)28-9-27-16/h2-3,6,12-15,18,20-23H,4-5,7-9H2,1H3. The van der Waals surface area contributed by atoms with Crippen molar-refractivity contribution in [3.8, 4) is 11.5 Å². The number of ether oxygens (including phenoxy) is 2. The Morgan fingerprint density at radius 2 is 1.89 bits per heavy atom. The Balaban J connectivity index is 1.29. The summed E-state index contributed by atoms with van der Waals surface area (Å²) < 4.78 is 10.9. The second-order valence-electron chi connectivity index (χ2n) is 7.96. The fourth-order valence-corrected chi connectivity index (χ4v) is 4.65. The Morgan fingerprint density at radius 3 is 2.71 bits per heavy atom. The fourth-order valence-electron chi connectivity index (χ4n) is 4.65. The number of hydrogen-bond donors (Lipinski definition) is 4. The minimum absolute atomic E-state index is 0.0496. The Kier molecular flexibility index (Phi) is 4.47. The van der Waals surface area contributed by atoms with Crippen molar-refractivity contribution in [2.24, 2.45) is 5.92 Å². The Morgan fingerprint density at radius 1 is 1.07 bits per heavy atom. The number of nitrogens with one attached hydrogen (secondary N) is 4. The van der Waals surface area contributed by atoms with Crippen LogP contribution in [0.25, 0.3) is 0 Å². The summed E-state index contributed by atoms with van der Waals surface area (Å²) in [5.41, 5.74) is 13.8. The van der Waals surface area contributed by atoms with Crippen molar-refractivity contribution in [3.05, 3.63) is 23.8 Å². The van der Waals surface area contributed by atoms with Gasteiger partial charge in [0, 0.05) is 25.0 Å². The summed E-state index contributed by atoms with van der Waals surface area (Å²) in [5.74, 6) is 1.91. The first-order valence-corrected chi connectivity index (χ1v) is 9.81. The molecular weight excluding hydrogens is 362 g/mol. The van der Waals surface area contributed by atoms with Gasteiger partial charge in [-0.25, -0.2) is 16.3 Å². The fraction of sp³-hybridized carbons (Fsp3) is 0.579. The van der Waals surface area contributed by atoms with E-state index in [1.807, 2.05) is 17.0 Å². The van der Waals surface area contributed by atoms with Gasteiger partial charge in [-0.1, -0.05) is 6.07 Å².